The van der Waals surface area contributed by atoms with E-state index in [1.807, 2.05) is 24.3 Å². The van der Waals surface area contributed by atoms with Gasteiger partial charge in [-0.05, 0) is 184 Å². The van der Waals surface area contributed by atoms with E-state index in [1.54, 1.807) is 0 Å². The Morgan fingerprint density at radius 2 is 1.00 bits per heavy atom. The number of fused-ring (bicyclic) bond motifs is 5. The van der Waals surface area contributed by atoms with E-state index < -0.39 is 0 Å². The van der Waals surface area contributed by atoms with E-state index in [0.717, 1.165) is 16.8 Å². The van der Waals surface area contributed by atoms with Gasteiger partial charge in [-0.3, -0.25) is 4.79 Å². The van der Waals surface area contributed by atoms with Crippen molar-refractivity contribution in [3.05, 3.63) is 132 Å². The molecule has 1 aliphatic rings. The molecular formula is C44H45NO2. The molecule has 0 radical (unpaired) electrons. The molecule has 3 heteroatoms. The van der Waals surface area contributed by atoms with Gasteiger partial charge in [0.1, 0.15) is 11.2 Å². The van der Waals surface area contributed by atoms with Crippen molar-refractivity contribution in [2.45, 2.75) is 88.5 Å². The minimum atomic E-state index is -0.314. The smallest absolute Gasteiger partial charge is 0.200 e. The van der Waals surface area contributed by atoms with Crippen LogP contribution in [0.5, 0.6) is 0 Å². The van der Waals surface area contributed by atoms with Gasteiger partial charge >= 0.3 is 0 Å². The lowest BCUT2D eigenvalue weighted by molar-refractivity contribution is 0.652. The van der Waals surface area contributed by atoms with Gasteiger partial charge in [0.15, 0.2) is 0 Å². The molecule has 0 N–H and O–H groups in total. The van der Waals surface area contributed by atoms with Gasteiger partial charge in [-0.2, -0.15) is 0 Å². The van der Waals surface area contributed by atoms with E-state index in [0.29, 0.717) is 21.9 Å². The van der Waals surface area contributed by atoms with E-state index in [9.17, 15) is 4.79 Å². The molecule has 7 rings (SSSR count). The van der Waals surface area contributed by atoms with Crippen LogP contribution in [0, 0.1) is 69.2 Å². The number of rotatable bonds is 3. The van der Waals surface area contributed by atoms with Crippen molar-refractivity contribution >= 4 is 39.0 Å². The Morgan fingerprint density at radius 1 is 0.511 bits per heavy atom. The second kappa shape index (κ2) is 10.4. The summed E-state index contributed by atoms with van der Waals surface area (Å²) < 4.78 is 6.32. The Labute approximate surface area is 278 Å². The number of hydrogen-bond acceptors (Lipinski definition) is 3. The average Bonchev–Trinajstić information content (AvgIpc) is 3.28. The van der Waals surface area contributed by atoms with E-state index in [2.05, 4.69) is 118 Å². The van der Waals surface area contributed by atoms with Gasteiger partial charge < -0.3 is 9.32 Å². The molecule has 238 valence electrons. The zero-order valence-corrected chi connectivity index (χ0v) is 30.0. The zero-order valence-electron chi connectivity index (χ0n) is 30.0. The number of hydrogen-bond donors (Lipinski definition) is 0. The third kappa shape index (κ3) is 4.21. The molecule has 0 bridgehead atoms. The van der Waals surface area contributed by atoms with Gasteiger partial charge in [0.2, 0.25) is 5.43 Å². The molecule has 1 heterocycles. The lowest BCUT2D eigenvalue weighted by Crippen LogP contribution is -2.20. The number of anilines is 3. The third-order valence-corrected chi connectivity index (χ3v) is 12.0. The molecule has 0 saturated heterocycles. The summed E-state index contributed by atoms with van der Waals surface area (Å²) in [5.74, 6) is 0. The normalized spacial score (nSPS) is 13.4. The molecule has 6 aromatic rings. The first-order valence-electron chi connectivity index (χ1n) is 16.8. The summed E-state index contributed by atoms with van der Waals surface area (Å²) in [7, 11) is 0. The molecule has 1 aromatic heterocycles. The van der Waals surface area contributed by atoms with Crippen LogP contribution in [0.4, 0.5) is 17.1 Å². The monoisotopic (exact) mass is 619 g/mol. The fourth-order valence-electron chi connectivity index (χ4n) is 8.16. The molecule has 0 spiro atoms. The summed E-state index contributed by atoms with van der Waals surface area (Å²) in [5.41, 5.74) is 22.7. The van der Waals surface area contributed by atoms with E-state index in [1.165, 1.54) is 78.1 Å². The lowest BCUT2D eigenvalue weighted by atomic mass is 9.81. The zero-order chi connectivity index (χ0) is 33.9. The third-order valence-electron chi connectivity index (χ3n) is 12.0. The van der Waals surface area contributed by atoms with Gasteiger partial charge in [0, 0.05) is 11.1 Å². The molecule has 5 aromatic carbocycles. The van der Waals surface area contributed by atoms with Gasteiger partial charge in [0.25, 0.3) is 0 Å². The Bertz CT molecular complexity index is 2280. The van der Waals surface area contributed by atoms with Crippen LogP contribution in [0.3, 0.4) is 0 Å². The maximum atomic E-state index is 13.6. The second-order valence-electron chi connectivity index (χ2n) is 14.5. The summed E-state index contributed by atoms with van der Waals surface area (Å²) in [6, 6.07) is 18.7. The molecule has 0 atom stereocenters. The summed E-state index contributed by atoms with van der Waals surface area (Å²) in [5, 5.41) is 1.26. The Balaban J connectivity index is 1.53. The van der Waals surface area contributed by atoms with Crippen LogP contribution in [0.15, 0.2) is 63.8 Å². The number of benzene rings is 5. The predicted molar refractivity (Wildman–Crippen MR) is 200 cm³/mol. The van der Waals surface area contributed by atoms with Crippen molar-refractivity contribution in [1.29, 1.82) is 0 Å². The summed E-state index contributed by atoms with van der Waals surface area (Å²) in [6.07, 6.45) is 0. The maximum Gasteiger partial charge on any atom is 0.200 e. The minimum Gasteiger partial charge on any atom is -0.456 e. The fraction of sp³-hybridized carbons (Fsp3) is 0.295. The predicted octanol–water partition coefficient (Wildman–Crippen LogP) is 11.8. The van der Waals surface area contributed by atoms with Crippen molar-refractivity contribution in [3.63, 3.8) is 0 Å². The van der Waals surface area contributed by atoms with E-state index >= 15 is 0 Å². The van der Waals surface area contributed by atoms with Gasteiger partial charge in [-0.1, -0.05) is 32.0 Å². The highest BCUT2D eigenvalue weighted by Gasteiger charge is 2.37. The van der Waals surface area contributed by atoms with Crippen molar-refractivity contribution in [2.24, 2.45) is 0 Å². The van der Waals surface area contributed by atoms with Crippen molar-refractivity contribution in [2.75, 3.05) is 4.90 Å². The van der Waals surface area contributed by atoms with Crippen LogP contribution < -0.4 is 10.3 Å². The summed E-state index contributed by atoms with van der Waals surface area (Å²) in [6.45, 7) is 27.2. The number of para-hydroxylation sites is 1. The SMILES string of the molecule is Cc1c(C)c(C)c(N(c2ccc3c(c2)C(C)(C)c2cc4c(=O)c5ccccc5oc4cc2-3)c2c(C)c(C)c(C)c(C)c2C)c(C)c1C. The molecule has 0 saturated carbocycles. The highest BCUT2D eigenvalue weighted by Crippen LogP contribution is 2.53. The van der Waals surface area contributed by atoms with Crippen LogP contribution in [-0.4, -0.2) is 0 Å². The quantitative estimate of drug-likeness (QED) is 0.185. The Morgan fingerprint density at radius 3 is 1.55 bits per heavy atom. The molecule has 0 unspecified atom stereocenters. The van der Waals surface area contributed by atoms with Crippen LogP contribution in [0.2, 0.25) is 0 Å². The molecule has 0 amide bonds. The standard InChI is InChI=1S/C44H45NO2/c1-22-24(3)28(7)41(29(8)25(22)4)45(42-30(9)26(5)23(2)27(6)31(42)10)32-17-18-33-35-21-40-36(20-38(35)44(11,12)37(33)19-32)43(46)34-15-13-14-16-39(34)47-40/h13-21H,1-12H3. The second-order valence-corrected chi connectivity index (χ2v) is 14.5. The average molecular weight is 620 g/mol. The first kappa shape index (κ1) is 31.0. The molecule has 1 aliphatic carbocycles. The highest BCUT2D eigenvalue weighted by molar-refractivity contribution is 5.96. The van der Waals surface area contributed by atoms with Crippen LogP contribution >= 0.6 is 0 Å². The van der Waals surface area contributed by atoms with Crippen molar-refractivity contribution in [1.82, 2.24) is 0 Å². The topological polar surface area (TPSA) is 33.5 Å². The van der Waals surface area contributed by atoms with Crippen molar-refractivity contribution < 1.29 is 4.42 Å². The van der Waals surface area contributed by atoms with Gasteiger partial charge in [-0.15, -0.1) is 0 Å². The lowest BCUT2D eigenvalue weighted by Gasteiger charge is -2.35. The van der Waals surface area contributed by atoms with Gasteiger partial charge in [-0.25, -0.2) is 0 Å². The van der Waals surface area contributed by atoms with Crippen molar-refractivity contribution in [3.8, 4) is 11.1 Å². The molecule has 3 nitrogen and oxygen atoms in total. The molecule has 0 aliphatic heterocycles. The van der Waals surface area contributed by atoms with Crippen LogP contribution in [0.1, 0.15) is 80.6 Å². The first-order chi connectivity index (χ1) is 22.2. The maximum absolute atomic E-state index is 13.6. The first-order valence-corrected chi connectivity index (χ1v) is 16.8. The summed E-state index contributed by atoms with van der Waals surface area (Å²) >= 11 is 0. The molecule has 0 fully saturated rings. The largest absolute Gasteiger partial charge is 0.456 e. The van der Waals surface area contributed by atoms with Gasteiger partial charge in [0.05, 0.1) is 22.1 Å². The van der Waals surface area contributed by atoms with E-state index in [4.69, 9.17) is 4.42 Å². The molecule has 47 heavy (non-hydrogen) atoms. The Hall–Kier alpha value is -4.63. The molecular weight excluding hydrogens is 574 g/mol. The number of nitrogens with zero attached hydrogens (tertiary/aromatic N) is 1. The summed E-state index contributed by atoms with van der Waals surface area (Å²) in [4.78, 5) is 16.2. The minimum absolute atomic E-state index is 0.0235. The Kier molecular flexibility index (Phi) is 6.88. The van der Waals surface area contributed by atoms with E-state index in [-0.39, 0.29) is 10.8 Å². The fourth-order valence-corrected chi connectivity index (χ4v) is 8.16. The van der Waals surface area contributed by atoms with Crippen LogP contribution in [-0.2, 0) is 5.41 Å². The van der Waals surface area contributed by atoms with Crippen LogP contribution in [0.25, 0.3) is 33.1 Å². The highest BCUT2D eigenvalue weighted by atomic mass is 16.3.